The third-order valence-electron chi connectivity index (χ3n) is 5.62. The summed E-state index contributed by atoms with van der Waals surface area (Å²) in [7, 11) is -3.98. The number of sulfonamides is 1. The van der Waals surface area contributed by atoms with Crippen molar-refractivity contribution in [2.45, 2.75) is 23.9 Å². The highest BCUT2D eigenvalue weighted by Gasteiger charge is 2.33. The number of carbonyl (C=O) groups excluding carboxylic acids is 2. The van der Waals surface area contributed by atoms with Crippen molar-refractivity contribution in [3.05, 3.63) is 88.4 Å². The Hall–Kier alpha value is -3.57. The maximum absolute atomic E-state index is 13.3. The number of para-hydroxylation sites is 1. The van der Waals surface area contributed by atoms with Crippen molar-refractivity contribution in [3.8, 4) is 0 Å². The Balaban J connectivity index is 1.44. The molecule has 0 aromatic heterocycles. The molecule has 0 bridgehead atoms. The monoisotopic (exact) mass is 552 g/mol. The molecule has 3 aromatic carbocycles. The van der Waals surface area contributed by atoms with E-state index >= 15 is 0 Å². The van der Waals surface area contributed by atoms with E-state index in [0.717, 1.165) is 24.1 Å². The lowest BCUT2D eigenvalue weighted by Crippen LogP contribution is -2.35. The molecule has 194 valence electrons. The summed E-state index contributed by atoms with van der Waals surface area (Å²) >= 11 is 5.56. The van der Waals surface area contributed by atoms with E-state index < -0.39 is 45.3 Å². The summed E-state index contributed by atoms with van der Waals surface area (Å²) in [5.74, 6) is -1.86. The Morgan fingerprint density at radius 2 is 1.78 bits per heavy atom. The summed E-state index contributed by atoms with van der Waals surface area (Å²) in [4.78, 5) is 24.5. The maximum atomic E-state index is 13.3. The summed E-state index contributed by atoms with van der Waals surface area (Å²) in [5.41, 5.74) is 0.0623. The van der Waals surface area contributed by atoms with Gasteiger partial charge in [-0.1, -0.05) is 35.9 Å². The van der Waals surface area contributed by atoms with Crippen molar-refractivity contribution >= 4 is 44.9 Å². The minimum Gasteiger partial charge on any atom is -0.452 e. The number of aryl methyl sites for hydroxylation is 1. The zero-order valence-electron chi connectivity index (χ0n) is 19.1. The van der Waals surface area contributed by atoms with Crippen LogP contribution in [0.4, 0.5) is 24.5 Å². The lowest BCUT2D eigenvalue weighted by molar-refractivity contribution is -0.137. The number of hydrogen-bond acceptors (Lipinski definition) is 5. The van der Waals surface area contributed by atoms with Gasteiger partial charge in [0, 0.05) is 12.2 Å². The van der Waals surface area contributed by atoms with E-state index in [1.54, 1.807) is 12.1 Å². The molecule has 0 saturated heterocycles. The van der Waals surface area contributed by atoms with Crippen molar-refractivity contribution in [2.24, 2.45) is 0 Å². The predicted molar refractivity (Wildman–Crippen MR) is 131 cm³/mol. The van der Waals surface area contributed by atoms with Gasteiger partial charge in [-0.2, -0.15) is 13.2 Å². The fraction of sp³-hybridized carbons (Fsp3) is 0.200. The second-order valence-electron chi connectivity index (χ2n) is 8.15. The highest BCUT2D eigenvalue weighted by molar-refractivity contribution is 7.92. The number of anilines is 2. The van der Waals surface area contributed by atoms with E-state index in [2.05, 4.69) is 5.32 Å². The van der Waals surface area contributed by atoms with E-state index in [1.165, 1.54) is 28.6 Å². The van der Waals surface area contributed by atoms with Gasteiger partial charge in [0.2, 0.25) is 0 Å². The molecule has 3 aromatic rings. The van der Waals surface area contributed by atoms with Crippen LogP contribution in [0.1, 0.15) is 27.9 Å². The lowest BCUT2D eigenvalue weighted by Gasteiger charge is -2.30. The second-order valence-corrected chi connectivity index (χ2v) is 10.4. The first-order valence-corrected chi connectivity index (χ1v) is 12.8. The van der Waals surface area contributed by atoms with Crippen molar-refractivity contribution in [2.75, 3.05) is 22.8 Å². The molecule has 1 amide bonds. The highest BCUT2D eigenvalue weighted by Crippen LogP contribution is 2.36. The molecule has 1 aliphatic rings. The van der Waals surface area contributed by atoms with E-state index in [4.69, 9.17) is 16.3 Å². The first-order chi connectivity index (χ1) is 17.5. The van der Waals surface area contributed by atoms with Crippen LogP contribution in [0.3, 0.4) is 0 Å². The summed E-state index contributed by atoms with van der Waals surface area (Å²) in [5, 5.41) is 1.67. The van der Waals surface area contributed by atoms with Crippen molar-refractivity contribution in [3.63, 3.8) is 0 Å². The van der Waals surface area contributed by atoms with Crippen LogP contribution < -0.4 is 9.62 Å². The van der Waals surface area contributed by atoms with Crippen LogP contribution in [0.5, 0.6) is 0 Å². The largest absolute Gasteiger partial charge is 0.452 e. The Bertz CT molecular complexity index is 1460. The van der Waals surface area contributed by atoms with Crippen molar-refractivity contribution < 1.29 is 35.9 Å². The smallest absolute Gasteiger partial charge is 0.417 e. The number of ether oxygens (including phenoxy) is 1. The van der Waals surface area contributed by atoms with E-state index in [9.17, 15) is 31.2 Å². The Labute approximate surface area is 215 Å². The zero-order valence-corrected chi connectivity index (χ0v) is 20.7. The molecule has 0 spiro atoms. The molecule has 37 heavy (non-hydrogen) atoms. The number of benzene rings is 3. The summed E-state index contributed by atoms with van der Waals surface area (Å²) in [6, 6.07) is 15.2. The Morgan fingerprint density at radius 3 is 2.54 bits per heavy atom. The number of esters is 1. The van der Waals surface area contributed by atoms with Gasteiger partial charge in [0.15, 0.2) is 6.61 Å². The van der Waals surface area contributed by atoms with Gasteiger partial charge in [-0.05, 0) is 60.9 Å². The van der Waals surface area contributed by atoms with Crippen LogP contribution in [-0.4, -0.2) is 33.4 Å². The van der Waals surface area contributed by atoms with Crippen LogP contribution >= 0.6 is 11.6 Å². The molecule has 1 heterocycles. The Kier molecular flexibility index (Phi) is 7.47. The molecule has 0 unspecified atom stereocenters. The summed E-state index contributed by atoms with van der Waals surface area (Å²) in [6.07, 6.45) is -3.32. The van der Waals surface area contributed by atoms with Gasteiger partial charge >= 0.3 is 12.1 Å². The maximum Gasteiger partial charge on any atom is 0.417 e. The van der Waals surface area contributed by atoms with Gasteiger partial charge < -0.3 is 10.1 Å². The Morgan fingerprint density at radius 1 is 1.03 bits per heavy atom. The average Bonchev–Trinajstić information content (AvgIpc) is 2.87. The number of fused-ring (bicyclic) bond motifs is 1. The average molecular weight is 553 g/mol. The van der Waals surface area contributed by atoms with Gasteiger partial charge in [0.1, 0.15) is 0 Å². The van der Waals surface area contributed by atoms with E-state index in [-0.39, 0.29) is 22.7 Å². The summed E-state index contributed by atoms with van der Waals surface area (Å²) in [6.45, 7) is -0.520. The topological polar surface area (TPSA) is 92.8 Å². The number of carbonyl (C=O) groups is 2. The van der Waals surface area contributed by atoms with E-state index in [1.807, 2.05) is 12.1 Å². The fourth-order valence-corrected chi connectivity index (χ4v) is 5.70. The zero-order chi connectivity index (χ0) is 26.8. The SMILES string of the molecule is O=C(COC(=O)c1cccc(S(=O)(=O)N2CCCc3ccccc32)c1)Nc1ccc(Cl)c(C(F)(F)F)c1. The van der Waals surface area contributed by atoms with E-state index in [0.29, 0.717) is 18.2 Å². The molecule has 1 N–H and O–H groups in total. The van der Waals surface area contributed by atoms with Crippen LogP contribution in [0, 0.1) is 0 Å². The predicted octanol–water partition coefficient (Wildman–Crippen LogP) is 5.30. The number of halogens is 4. The first kappa shape index (κ1) is 26.5. The molecule has 1 aliphatic heterocycles. The molecule has 12 heteroatoms. The molecule has 7 nitrogen and oxygen atoms in total. The molecule has 0 aliphatic carbocycles. The summed E-state index contributed by atoms with van der Waals surface area (Å²) < 4.78 is 71.9. The minimum atomic E-state index is -4.72. The number of amides is 1. The normalized spacial score (nSPS) is 13.6. The first-order valence-electron chi connectivity index (χ1n) is 11.0. The number of hydrogen-bond donors (Lipinski definition) is 1. The number of rotatable bonds is 6. The molecule has 0 fully saturated rings. The molecule has 4 rings (SSSR count). The molecule has 0 saturated carbocycles. The number of alkyl halides is 3. The molecular weight excluding hydrogens is 533 g/mol. The van der Waals surface area contributed by atoms with Crippen LogP contribution in [0.2, 0.25) is 5.02 Å². The van der Waals surface area contributed by atoms with Crippen molar-refractivity contribution in [1.29, 1.82) is 0 Å². The highest BCUT2D eigenvalue weighted by atomic mass is 35.5. The van der Waals surface area contributed by atoms with Crippen LogP contribution in [0.15, 0.2) is 71.6 Å². The van der Waals surface area contributed by atoms with Gasteiger partial charge in [-0.25, -0.2) is 13.2 Å². The van der Waals surface area contributed by atoms with Crippen LogP contribution in [-0.2, 0) is 32.2 Å². The number of nitrogens with one attached hydrogen (secondary N) is 1. The number of nitrogens with zero attached hydrogens (tertiary/aromatic N) is 1. The standard InChI is InChI=1S/C25H20ClF3N2O5S/c26-21-11-10-18(14-20(21)25(27,28)29)30-23(32)15-36-24(33)17-6-3-8-19(13-17)37(34,35)31-12-4-7-16-5-1-2-9-22(16)31/h1-3,5-6,8-11,13-14H,4,7,12,15H2,(H,30,32). The quantitative estimate of drug-likeness (QED) is 0.419. The molecular formula is C25H20ClF3N2O5S. The third-order valence-corrected chi connectivity index (χ3v) is 7.75. The van der Waals surface area contributed by atoms with Gasteiger partial charge in [-0.15, -0.1) is 0 Å². The van der Waals surface area contributed by atoms with Gasteiger partial charge in [0.05, 0.1) is 26.7 Å². The fourth-order valence-electron chi connectivity index (χ4n) is 3.89. The lowest BCUT2D eigenvalue weighted by atomic mass is 10.0. The van der Waals surface area contributed by atoms with Gasteiger partial charge in [0.25, 0.3) is 15.9 Å². The third kappa shape index (κ3) is 5.89. The van der Waals surface area contributed by atoms with Crippen LogP contribution in [0.25, 0.3) is 0 Å². The van der Waals surface area contributed by atoms with Gasteiger partial charge in [-0.3, -0.25) is 9.10 Å². The molecule has 0 radical (unpaired) electrons. The second kappa shape index (κ2) is 10.4. The minimum absolute atomic E-state index is 0.106. The van der Waals surface area contributed by atoms with Crippen molar-refractivity contribution in [1.82, 2.24) is 0 Å². The molecule has 0 atom stereocenters.